The zero-order chi connectivity index (χ0) is 5.91. The van der Waals surface area contributed by atoms with E-state index in [9.17, 15) is 8.42 Å². The Morgan fingerprint density at radius 2 is 2.00 bits per heavy atom. The van der Waals surface area contributed by atoms with Crippen molar-refractivity contribution in [3.05, 3.63) is 12.0 Å². The van der Waals surface area contributed by atoms with E-state index in [-0.39, 0.29) is 29.6 Å². The number of hydrogen-bond acceptors (Lipinski definition) is 3. The minimum Gasteiger partial charge on any atom is -0.270 e. The predicted octanol–water partition coefficient (Wildman–Crippen LogP) is -0.275. The molecule has 0 aliphatic rings. The van der Waals surface area contributed by atoms with Gasteiger partial charge in [0.2, 0.25) is 0 Å². The van der Waals surface area contributed by atoms with E-state index in [0.717, 1.165) is 12.5 Å². The molecule has 0 heterocycles. The Morgan fingerprint density at radius 1 is 1.62 bits per heavy atom. The maximum atomic E-state index is 10.0. The van der Waals surface area contributed by atoms with E-state index in [1.807, 2.05) is 0 Å². The van der Waals surface area contributed by atoms with Crippen LogP contribution in [0.1, 0.15) is 0 Å². The molecule has 0 aromatic heterocycles. The maximum Gasteiger partial charge on any atom is 0.289 e. The molecule has 0 fully saturated rings. The van der Waals surface area contributed by atoms with Crippen LogP contribution in [0, 0.1) is 0 Å². The smallest absolute Gasteiger partial charge is 0.270 e. The van der Waals surface area contributed by atoms with Crippen molar-refractivity contribution in [2.24, 2.45) is 0 Å². The van der Waals surface area contributed by atoms with Crippen LogP contribution in [0.3, 0.4) is 0 Å². The second kappa shape index (κ2) is 4.52. The van der Waals surface area contributed by atoms with Crippen LogP contribution in [-0.4, -0.2) is 45.1 Å². The van der Waals surface area contributed by atoms with Crippen molar-refractivity contribution in [1.29, 1.82) is 0 Å². The molecular formula is C3H6NaO3S. The molecule has 43 valence electrons. The van der Waals surface area contributed by atoms with Crippen molar-refractivity contribution in [2.45, 2.75) is 0 Å². The summed E-state index contributed by atoms with van der Waals surface area (Å²) in [5, 5.41) is 0.743. The molecule has 0 unspecified atom stereocenters. The van der Waals surface area contributed by atoms with E-state index < -0.39 is 10.1 Å². The van der Waals surface area contributed by atoms with Crippen molar-refractivity contribution in [3.8, 4) is 0 Å². The fraction of sp³-hybridized carbons (Fsp3) is 0.333. The average Bonchev–Trinajstić information content (AvgIpc) is 1.68. The molecule has 0 N–H and O–H groups in total. The van der Waals surface area contributed by atoms with Gasteiger partial charge in [-0.25, -0.2) is 0 Å². The van der Waals surface area contributed by atoms with E-state index in [0.29, 0.717) is 0 Å². The molecule has 0 saturated carbocycles. The summed E-state index contributed by atoms with van der Waals surface area (Å²) in [6.45, 7) is 2.99. The van der Waals surface area contributed by atoms with Crippen LogP contribution < -0.4 is 0 Å². The van der Waals surface area contributed by atoms with Gasteiger partial charge in [0.25, 0.3) is 10.1 Å². The Labute approximate surface area is 71.1 Å². The van der Waals surface area contributed by atoms with Crippen LogP contribution in [0.4, 0.5) is 0 Å². The summed E-state index contributed by atoms with van der Waals surface area (Å²) in [6.07, 6.45) is 0. The predicted molar refractivity (Wildman–Crippen MR) is 31.9 cm³/mol. The molecule has 0 rings (SSSR count). The largest absolute Gasteiger partial charge is 0.289 e. The average molecular weight is 145 g/mol. The van der Waals surface area contributed by atoms with Crippen molar-refractivity contribution in [3.63, 3.8) is 0 Å². The van der Waals surface area contributed by atoms with E-state index in [4.69, 9.17) is 0 Å². The maximum absolute atomic E-state index is 10.0. The molecule has 0 aromatic rings. The van der Waals surface area contributed by atoms with Gasteiger partial charge in [-0.3, -0.25) is 4.18 Å². The molecule has 8 heavy (non-hydrogen) atoms. The standard InChI is InChI=1S/C3H6O3S.Na/c1-3-7(4,5)6-2;/h3H,1H2,2H3;. The number of rotatable bonds is 2. The SMILES string of the molecule is C=CS(=O)(=O)OC.[Na]. The van der Waals surface area contributed by atoms with Gasteiger partial charge >= 0.3 is 0 Å². The van der Waals surface area contributed by atoms with E-state index in [2.05, 4.69) is 10.8 Å². The van der Waals surface area contributed by atoms with Crippen molar-refractivity contribution >= 4 is 39.7 Å². The van der Waals surface area contributed by atoms with Gasteiger partial charge in [-0.2, -0.15) is 8.42 Å². The van der Waals surface area contributed by atoms with Crippen LogP contribution in [0.15, 0.2) is 12.0 Å². The molecule has 0 aliphatic carbocycles. The van der Waals surface area contributed by atoms with Crippen molar-refractivity contribution in [2.75, 3.05) is 7.11 Å². The molecule has 0 bridgehead atoms. The van der Waals surface area contributed by atoms with Crippen molar-refractivity contribution < 1.29 is 12.6 Å². The van der Waals surface area contributed by atoms with Gasteiger partial charge in [0.15, 0.2) is 0 Å². The zero-order valence-electron chi connectivity index (χ0n) is 4.92. The monoisotopic (exact) mass is 145 g/mol. The molecule has 5 heteroatoms. The quantitative estimate of drug-likeness (QED) is 0.396. The molecule has 0 saturated heterocycles. The molecule has 3 nitrogen and oxygen atoms in total. The second-order valence-electron chi connectivity index (χ2n) is 0.826. The van der Waals surface area contributed by atoms with Crippen LogP contribution in [0.2, 0.25) is 0 Å². The normalized spacial score (nSPS) is 9.62. The van der Waals surface area contributed by atoms with Crippen LogP contribution in [0.5, 0.6) is 0 Å². The van der Waals surface area contributed by atoms with Crippen LogP contribution in [0.25, 0.3) is 0 Å². The molecular weight excluding hydrogens is 139 g/mol. The van der Waals surface area contributed by atoms with E-state index >= 15 is 0 Å². The Hall–Kier alpha value is 0.650. The summed E-state index contributed by atoms with van der Waals surface area (Å²) in [5.41, 5.74) is 0. The first-order valence-electron chi connectivity index (χ1n) is 1.55. The third-order valence-electron chi connectivity index (χ3n) is 0.436. The molecule has 0 aliphatic heterocycles. The first-order chi connectivity index (χ1) is 3.12. The van der Waals surface area contributed by atoms with Crippen LogP contribution in [-0.2, 0) is 14.3 Å². The van der Waals surface area contributed by atoms with Gasteiger partial charge in [0.05, 0.1) is 12.5 Å². The fourth-order valence-electron chi connectivity index (χ4n) is 0.0680. The summed E-state index contributed by atoms with van der Waals surface area (Å²) in [7, 11) is -2.31. The van der Waals surface area contributed by atoms with Gasteiger partial charge in [0, 0.05) is 29.6 Å². The summed E-state index contributed by atoms with van der Waals surface area (Å²) in [6, 6.07) is 0. The molecule has 0 atom stereocenters. The van der Waals surface area contributed by atoms with Gasteiger partial charge in [0.1, 0.15) is 0 Å². The topological polar surface area (TPSA) is 43.4 Å². The minimum atomic E-state index is -3.39. The van der Waals surface area contributed by atoms with E-state index in [1.165, 1.54) is 0 Å². The Balaban J connectivity index is 0. The van der Waals surface area contributed by atoms with Crippen molar-refractivity contribution in [1.82, 2.24) is 0 Å². The van der Waals surface area contributed by atoms with Gasteiger partial charge in [-0.15, -0.1) is 0 Å². The fourth-order valence-corrected chi connectivity index (χ4v) is 0.204. The van der Waals surface area contributed by atoms with Gasteiger partial charge in [-0.05, 0) is 0 Å². The zero-order valence-corrected chi connectivity index (χ0v) is 7.73. The number of hydrogen-bond donors (Lipinski definition) is 0. The third kappa shape index (κ3) is 4.80. The summed E-state index contributed by atoms with van der Waals surface area (Å²) < 4.78 is 24.0. The summed E-state index contributed by atoms with van der Waals surface area (Å²) in [5.74, 6) is 0. The van der Waals surface area contributed by atoms with Gasteiger partial charge < -0.3 is 0 Å². The Morgan fingerprint density at radius 3 is 2.00 bits per heavy atom. The Bertz CT molecular complexity index is 148. The Kier molecular flexibility index (Phi) is 6.47. The van der Waals surface area contributed by atoms with Gasteiger partial charge in [-0.1, -0.05) is 6.58 Å². The first kappa shape index (κ1) is 11.4. The molecule has 1 radical (unpaired) electrons. The summed E-state index contributed by atoms with van der Waals surface area (Å²) >= 11 is 0. The first-order valence-corrected chi connectivity index (χ1v) is 3.02. The second-order valence-corrected chi connectivity index (χ2v) is 2.48. The van der Waals surface area contributed by atoms with Crippen LogP contribution >= 0.6 is 0 Å². The molecule has 0 spiro atoms. The van der Waals surface area contributed by atoms with E-state index in [1.54, 1.807) is 0 Å². The third-order valence-corrected chi connectivity index (χ3v) is 1.31. The molecule has 0 amide bonds. The molecule has 0 aromatic carbocycles. The summed E-state index contributed by atoms with van der Waals surface area (Å²) in [4.78, 5) is 0. The minimum absolute atomic E-state index is 0.